The fourth-order valence-electron chi connectivity index (χ4n) is 3.47. The molecule has 0 saturated carbocycles. The number of morpholine rings is 1. The van der Waals surface area contributed by atoms with Gasteiger partial charge in [0.15, 0.2) is 6.79 Å². The molecule has 2 heterocycles. The maximum atomic E-state index is 13.0. The van der Waals surface area contributed by atoms with Crippen LogP contribution in [0.1, 0.15) is 21.5 Å². The van der Waals surface area contributed by atoms with Crippen molar-refractivity contribution in [3.63, 3.8) is 0 Å². The van der Waals surface area contributed by atoms with Gasteiger partial charge in [0.05, 0.1) is 35.3 Å². The van der Waals surface area contributed by atoms with E-state index in [-0.39, 0.29) is 67.5 Å². The van der Waals surface area contributed by atoms with E-state index in [1.807, 2.05) is 0 Å². The van der Waals surface area contributed by atoms with Crippen LogP contribution in [0.4, 0.5) is 5.69 Å². The molecule has 13 heteroatoms. The molecule has 0 radical (unpaired) electrons. The molecule has 2 aromatic carbocycles. The SMILES string of the molecule is O=C(OCc1cc([N+](=O)[O-])cc2c1OCOC2)c1ccc(Cl)c(S(=O)(=O)N2CCOCC2)c1. The third-order valence-corrected chi connectivity index (χ3v) is 7.48. The smallest absolute Gasteiger partial charge is 0.338 e. The molecule has 0 atom stereocenters. The summed E-state index contributed by atoms with van der Waals surface area (Å²) in [5, 5.41) is 11.2. The molecule has 176 valence electrons. The molecule has 0 bridgehead atoms. The number of rotatable bonds is 6. The van der Waals surface area contributed by atoms with E-state index in [1.165, 1.54) is 28.6 Å². The Bertz CT molecular complexity index is 1200. The molecular weight excluding hydrogens is 480 g/mol. The lowest BCUT2D eigenvalue weighted by Crippen LogP contribution is -2.40. The summed E-state index contributed by atoms with van der Waals surface area (Å²) in [6.45, 7) is 0.642. The lowest BCUT2D eigenvalue weighted by Gasteiger charge is -2.26. The van der Waals surface area contributed by atoms with Crippen molar-refractivity contribution in [3.05, 3.63) is 62.2 Å². The number of esters is 1. The van der Waals surface area contributed by atoms with Gasteiger partial charge in [0, 0.05) is 36.3 Å². The summed E-state index contributed by atoms with van der Waals surface area (Å²) in [5.41, 5.74) is 0.534. The molecule has 2 aromatic rings. The number of halogens is 1. The van der Waals surface area contributed by atoms with Crippen LogP contribution in [-0.4, -0.2) is 56.7 Å². The van der Waals surface area contributed by atoms with Crippen molar-refractivity contribution in [1.82, 2.24) is 4.31 Å². The first-order valence-electron chi connectivity index (χ1n) is 9.82. The van der Waals surface area contributed by atoms with E-state index in [2.05, 4.69) is 0 Å². The van der Waals surface area contributed by atoms with Gasteiger partial charge in [0.25, 0.3) is 5.69 Å². The van der Waals surface area contributed by atoms with Gasteiger partial charge in [-0.1, -0.05) is 11.6 Å². The predicted molar refractivity (Wildman–Crippen MR) is 114 cm³/mol. The minimum atomic E-state index is -3.94. The van der Waals surface area contributed by atoms with Crippen LogP contribution in [0.25, 0.3) is 0 Å². The monoisotopic (exact) mass is 498 g/mol. The van der Waals surface area contributed by atoms with Crippen LogP contribution in [0, 0.1) is 10.1 Å². The van der Waals surface area contributed by atoms with Crippen LogP contribution >= 0.6 is 11.6 Å². The Labute approximate surface area is 193 Å². The third kappa shape index (κ3) is 4.94. The van der Waals surface area contributed by atoms with Gasteiger partial charge >= 0.3 is 5.97 Å². The van der Waals surface area contributed by atoms with Gasteiger partial charge in [-0.25, -0.2) is 13.2 Å². The summed E-state index contributed by atoms with van der Waals surface area (Å²) in [6.07, 6.45) is 0. The molecular formula is C20H19ClN2O9S. The molecule has 0 amide bonds. The average Bonchev–Trinajstić information content (AvgIpc) is 2.82. The van der Waals surface area contributed by atoms with E-state index in [1.54, 1.807) is 0 Å². The maximum Gasteiger partial charge on any atom is 0.338 e. The standard InChI is InChI=1S/C20H19ClN2O9S/c21-17-2-1-13(9-18(17)33(27,28)22-3-5-29-6-4-22)20(24)31-11-15-8-16(23(25)26)7-14-10-30-12-32-19(14)15/h1-2,7-9H,3-6,10-12H2. The summed E-state index contributed by atoms with van der Waals surface area (Å²) in [6, 6.07) is 6.40. The number of sulfonamides is 1. The molecule has 0 aromatic heterocycles. The van der Waals surface area contributed by atoms with Crippen LogP contribution in [0.5, 0.6) is 5.75 Å². The molecule has 33 heavy (non-hydrogen) atoms. The molecule has 2 aliphatic heterocycles. The zero-order valence-electron chi connectivity index (χ0n) is 17.2. The molecule has 11 nitrogen and oxygen atoms in total. The summed E-state index contributed by atoms with van der Waals surface area (Å²) < 4.78 is 48.2. The number of hydrogen-bond acceptors (Lipinski definition) is 9. The number of fused-ring (bicyclic) bond motifs is 1. The first-order valence-corrected chi connectivity index (χ1v) is 11.6. The summed E-state index contributed by atoms with van der Waals surface area (Å²) in [5.74, 6) is -0.469. The van der Waals surface area contributed by atoms with Crippen molar-refractivity contribution < 1.29 is 37.1 Å². The molecule has 2 aliphatic rings. The number of nitro benzene ring substituents is 1. The molecule has 0 spiro atoms. The van der Waals surface area contributed by atoms with Crippen molar-refractivity contribution in [1.29, 1.82) is 0 Å². The molecule has 0 unspecified atom stereocenters. The lowest BCUT2D eigenvalue weighted by atomic mass is 10.1. The van der Waals surface area contributed by atoms with Crippen molar-refractivity contribution in [2.45, 2.75) is 18.1 Å². The number of carbonyl (C=O) groups is 1. The topological polar surface area (TPSA) is 135 Å². The van der Waals surface area contributed by atoms with Crippen molar-refractivity contribution in [2.24, 2.45) is 0 Å². The van der Waals surface area contributed by atoms with E-state index in [0.29, 0.717) is 16.9 Å². The number of nitrogens with zero attached hydrogens (tertiary/aromatic N) is 2. The molecule has 1 saturated heterocycles. The zero-order valence-corrected chi connectivity index (χ0v) is 18.8. The van der Waals surface area contributed by atoms with Gasteiger partial charge in [0.1, 0.15) is 17.3 Å². The van der Waals surface area contributed by atoms with Crippen molar-refractivity contribution in [2.75, 3.05) is 33.1 Å². The van der Waals surface area contributed by atoms with E-state index < -0.39 is 20.9 Å². The first kappa shape index (κ1) is 23.4. The van der Waals surface area contributed by atoms with E-state index in [9.17, 15) is 23.3 Å². The van der Waals surface area contributed by atoms with Crippen molar-refractivity contribution >= 4 is 33.3 Å². The largest absolute Gasteiger partial charge is 0.467 e. The second kappa shape index (κ2) is 9.61. The van der Waals surface area contributed by atoms with E-state index >= 15 is 0 Å². The number of hydrogen-bond donors (Lipinski definition) is 0. The van der Waals surface area contributed by atoms with Gasteiger partial charge in [-0.2, -0.15) is 4.31 Å². The highest BCUT2D eigenvalue weighted by Crippen LogP contribution is 2.33. The fourth-order valence-corrected chi connectivity index (χ4v) is 5.38. The van der Waals surface area contributed by atoms with Crippen LogP contribution in [0.2, 0.25) is 5.02 Å². The number of benzene rings is 2. The highest BCUT2D eigenvalue weighted by molar-refractivity contribution is 7.89. The van der Waals surface area contributed by atoms with Crippen molar-refractivity contribution in [3.8, 4) is 5.75 Å². The first-order chi connectivity index (χ1) is 15.8. The highest BCUT2D eigenvalue weighted by atomic mass is 35.5. The Kier molecular flexibility index (Phi) is 6.81. The van der Waals surface area contributed by atoms with Crippen LogP contribution in [-0.2, 0) is 37.4 Å². The third-order valence-electron chi connectivity index (χ3n) is 5.10. The average molecular weight is 499 g/mol. The number of non-ortho nitro benzene ring substituents is 1. The van der Waals surface area contributed by atoms with Crippen LogP contribution in [0.15, 0.2) is 35.2 Å². The van der Waals surface area contributed by atoms with E-state index in [0.717, 1.165) is 6.07 Å². The number of nitro groups is 1. The molecule has 0 N–H and O–H groups in total. The Morgan fingerprint density at radius 2 is 1.94 bits per heavy atom. The normalized spacial score (nSPS) is 16.5. The Balaban J connectivity index is 1.56. The van der Waals surface area contributed by atoms with Gasteiger partial charge in [0.2, 0.25) is 10.0 Å². The minimum Gasteiger partial charge on any atom is -0.467 e. The summed E-state index contributed by atoms with van der Waals surface area (Å²) in [7, 11) is -3.94. The quantitative estimate of drug-likeness (QED) is 0.334. The Morgan fingerprint density at radius 1 is 1.18 bits per heavy atom. The maximum absolute atomic E-state index is 13.0. The molecule has 4 rings (SSSR count). The zero-order chi connectivity index (χ0) is 23.6. The van der Waals surface area contributed by atoms with Crippen LogP contribution < -0.4 is 4.74 Å². The number of carbonyl (C=O) groups excluding carboxylic acids is 1. The van der Waals surface area contributed by atoms with E-state index in [4.69, 9.17) is 30.5 Å². The summed E-state index contributed by atoms with van der Waals surface area (Å²) in [4.78, 5) is 23.1. The van der Waals surface area contributed by atoms with Crippen LogP contribution in [0.3, 0.4) is 0 Å². The second-order valence-corrected chi connectivity index (χ2v) is 9.51. The minimum absolute atomic E-state index is 0.0285. The van der Waals surface area contributed by atoms with Gasteiger partial charge in [-0.05, 0) is 18.2 Å². The van der Waals surface area contributed by atoms with Gasteiger partial charge in [-0.15, -0.1) is 0 Å². The van der Waals surface area contributed by atoms with Gasteiger partial charge in [-0.3, -0.25) is 10.1 Å². The fraction of sp³-hybridized carbons (Fsp3) is 0.350. The predicted octanol–water partition coefficient (Wildman–Crippen LogP) is 2.49. The summed E-state index contributed by atoms with van der Waals surface area (Å²) >= 11 is 6.12. The lowest BCUT2D eigenvalue weighted by molar-refractivity contribution is -0.385. The Hall–Kier alpha value is -2.77. The highest BCUT2D eigenvalue weighted by Gasteiger charge is 2.29. The molecule has 0 aliphatic carbocycles. The Morgan fingerprint density at radius 3 is 2.67 bits per heavy atom. The molecule has 1 fully saturated rings. The number of ether oxygens (including phenoxy) is 4. The second-order valence-electron chi connectivity index (χ2n) is 7.20. The van der Waals surface area contributed by atoms with Gasteiger partial charge < -0.3 is 18.9 Å².